The summed E-state index contributed by atoms with van der Waals surface area (Å²) in [5.74, 6) is 0. The summed E-state index contributed by atoms with van der Waals surface area (Å²) >= 11 is 0. The molecule has 90 valence electrons. The van der Waals surface area contributed by atoms with E-state index in [1.54, 1.807) is 18.6 Å². The van der Waals surface area contributed by atoms with E-state index in [2.05, 4.69) is 15.3 Å². The first kappa shape index (κ1) is 12.0. The first-order chi connectivity index (χ1) is 8.90. The molecule has 0 atom stereocenters. The molecule has 0 aliphatic rings. The van der Waals surface area contributed by atoms with Crippen molar-refractivity contribution in [2.45, 2.75) is 0 Å². The number of amides is 1. The maximum atomic E-state index is 10.1. The number of aromatic nitrogens is 2. The Morgan fingerprint density at radius 1 is 1.17 bits per heavy atom. The van der Waals surface area contributed by atoms with Gasteiger partial charge in [-0.25, -0.2) is 0 Å². The van der Waals surface area contributed by atoms with Crippen LogP contribution >= 0.6 is 0 Å². The summed E-state index contributed by atoms with van der Waals surface area (Å²) in [5.41, 5.74) is 2.97. The van der Waals surface area contributed by atoms with Gasteiger partial charge >= 0.3 is 0 Å². The van der Waals surface area contributed by atoms with Crippen LogP contribution in [0.1, 0.15) is 5.56 Å². The zero-order chi connectivity index (χ0) is 12.6. The van der Waals surface area contributed by atoms with Crippen LogP contribution in [0.25, 0.3) is 17.3 Å². The van der Waals surface area contributed by atoms with Crippen LogP contribution in [0.3, 0.4) is 0 Å². The lowest BCUT2D eigenvalue weighted by Crippen LogP contribution is -2.09. The fourth-order valence-electron chi connectivity index (χ4n) is 1.52. The van der Waals surface area contributed by atoms with E-state index in [0.717, 1.165) is 16.8 Å². The standard InChI is InChI=1S/C14H13N3O/c18-11-16-7-1-2-12-3-5-13(6-4-12)14-10-15-8-9-17-14/h1-6,8-11H,7H2,(H,16,18)/b2-1+. The average molecular weight is 239 g/mol. The Balaban J connectivity index is 2.06. The van der Waals surface area contributed by atoms with Crippen LogP contribution in [0.15, 0.2) is 48.9 Å². The SMILES string of the molecule is O=CNC/C=C/c1ccc(-c2cnccn2)cc1. The number of rotatable bonds is 5. The minimum absolute atomic E-state index is 0.537. The van der Waals surface area contributed by atoms with Gasteiger partial charge in [-0.1, -0.05) is 36.4 Å². The van der Waals surface area contributed by atoms with Crippen molar-refractivity contribution in [2.75, 3.05) is 6.54 Å². The number of hydrogen-bond acceptors (Lipinski definition) is 3. The molecule has 0 bridgehead atoms. The molecule has 1 aromatic heterocycles. The second-order valence-electron chi connectivity index (χ2n) is 3.64. The molecule has 2 rings (SSSR count). The van der Waals surface area contributed by atoms with Gasteiger partial charge in [-0.15, -0.1) is 0 Å². The van der Waals surface area contributed by atoms with Crippen molar-refractivity contribution in [2.24, 2.45) is 0 Å². The largest absolute Gasteiger partial charge is 0.355 e. The van der Waals surface area contributed by atoms with Gasteiger partial charge in [0.1, 0.15) is 0 Å². The topological polar surface area (TPSA) is 54.9 Å². The van der Waals surface area contributed by atoms with E-state index < -0.39 is 0 Å². The summed E-state index contributed by atoms with van der Waals surface area (Å²) in [6, 6.07) is 8.00. The highest BCUT2D eigenvalue weighted by Crippen LogP contribution is 2.16. The minimum atomic E-state index is 0.537. The van der Waals surface area contributed by atoms with E-state index in [1.165, 1.54) is 0 Å². The monoisotopic (exact) mass is 239 g/mol. The van der Waals surface area contributed by atoms with Gasteiger partial charge < -0.3 is 5.32 Å². The maximum Gasteiger partial charge on any atom is 0.207 e. The van der Waals surface area contributed by atoms with Gasteiger partial charge in [0.05, 0.1) is 11.9 Å². The maximum absolute atomic E-state index is 10.1. The molecule has 1 N–H and O–H groups in total. The number of hydrogen-bond donors (Lipinski definition) is 1. The van der Waals surface area contributed by atoms with Crippen LogP contribution < -0.4 is 5.32 Å². The van der Waals surface area contributed by atoms with E-state index in [1.807, 2.05) is 36.4 Å². The molecule has 0 unspecified atom stereocenters. The predicted octanol–water partition coefficient (Wildman–Crippen LogP) is 1.90. The first-order valence-electron chi connectivity index (χ1n) is 5.60. The highest BCUT2D eigenvalue weighted by atomic mass is 16.1. The fraction of sp³-hybridized carbons (Fsp3) is 0.0714. The molecule has 2 aromatic rings. The molecule has 0 saturated heterocycles. The van der Waals surface area contributed by atoms with Gasteiger partial charge in [0.25, 0.3) is 0 Å². The summed E-state index contributed by atoms with van der Waals surface area (Å²) in [6.45, 7) is 0.537. The Labute approximate surface area is 105 Å². The van der Waals surface area contributed by atoms with E-state index in [0.29, 0.717) is 13.0 Å². The smallest absolute Gasteiger partial charge is 0.207 e. The van der Waals surface area contributed by atoms with Crippen molar-refractivity contribution in [3.63, 3.8) is 0 Å². The van der Waals surface area contributed by atoms with Crippen LogP contribution in [0.5, 0.6) is 0 Å². The highest BCUT2D eigenvalue weighted by Gasteiger charge is 1.97. The molecule has 0 aliphatic carbocycles. The van der Waals surface area contributed by atoms with Crippen molar-refractivity contribution < 1.29 is 4.79 Å². The Bertz CT molecular complexity index is 520. The molecule has 1 aromatic carbocycles. The molecule has 0 spiro atoms. The summed E-state index contributed by atoms with van der Waals surface area (Å²) in [4.78, 5) is 18.3. The molecule has 1 amide bonds. The van der Waals surface area contributed by atoms with Crippen LogP contribution in [-0.4, -0.2) is 22.9 Å². The summed E-state index contributed by atoms with van der Waals surface area (Å²) in [6.07, 6.45) is 9.60. The van der Waals surface area contributed by atoms with Gasteiger partial charge in [-0.05, 0) is 5.56 Å². The zero-order valence-electron chi connectivity index (χ0n) is 9.78. The van der Waals surface area contributed by atoms with Gasteiger partial charge in [0.15, 0.2) is 0 Å². The molecule has 0 fully saturated rings. The minimum Gasteiger partial charge on any atom is -0.355 e. The Kier molecular flexibility index (Phi) is 4.19. The summed E-state index contributed by atoms with van der Waals surface area (Å²) < 4.78 is 0. The summed E-state index contributed by atoms with van der Waals surface area (Å²) in [5, 5.41) is 2.57. The van der Waals surface area contributed by atoms with Gasteiger partial charge in [-0.2, -0.15) is 0 Å². The average Bonchev–Trinajstić information content (AvgIpc) is 2.45. The quantitative estimate of drug-likeness (QED) is 0.640. The van der Waals surface area contributed by atoms with Gasteiger partial charge in [0, 0.05) is 24.5 Å². The molecular weight excluding hydrogens is 226 g/mol. The number of carbonyl (C=O) groups is 1. The lowest BCUT2D eigenvalue weighted by atomic mass is 10.1. The van der Waals surface area contributed by atoms with Crippen LogP contribution in [0, 0.1) is 0 Å². The molecule has 4 nitrogen and oxygen atoms in total. The third-order valence-electron chi connectivity index (χ3n) is 2.40. The van der Waals surface area contributed by atoms with Crippen molar-refractivity contribution in [1.29, 1.82) is 0 Å². The second kappa shape index (κ2) is 6.30. The molecule has 4 heteroatoms. The number of nitrogens with zero attached hydrogens (tertiary/aromatic N) is 2. The van der Waals surface area contributed by atoms with Crippen LogP contribution in [-0.2, 0) is 4.79 Å². The lowest BCUT2D eigenvalue weighted by Gasteiger charge is -2.00. The molecular formula is C14H13N3O. The van der Waals surface area contributed by atoms with Crippen LogP contribution in [0.4, 0.5) is 0 Å². The molecule has 0 radical (unpaired) electrons. The normalized spacial score (nSPS) is 10.4. The lowest BCUT2D eigenvalue weighted by molar-refractivity contribution is -0.109. The second-order valence-corrected chi connectivity index (χ2v) is 3.64. The summed E-state index contributed by atoms with van der Waals surface area (Å²) in [7, 11) is 0. The Morgan fingerprint density at radius 3 is 2.67 bits per heavy atom. The van der Waals surface area contributed by atoms with E-state index in [9.17, 15) is 4.79 Å². The molecule has 0 saturated carbocycles. The first-order valence-corrected chi connectivity index (χ1v) is 5.60. The fourth-order valence-corrected chi connectivity index (χ4v) is 1.52. The van der Waals surface area contributed by atoms with Crippen molar-refractivity contribution in [3.05, 3.63) is 54.5 Å². The number of nitrogens with one attached hydrogen (secondary N) is 1. The van der Waals surface area contributed by atoms with Crippen molar-refractivity contribution in [1.82, 2.24) is 15.3 Å². The molecule has 0 aliphatic heterocycles. The zero-order valence-corrected chi connectivity index (χ0v) is 9.78. The Hall–Kier alpha value is -2.49. The van der Waals surface area contributed by atoms with Gasteiger partial charge in [0.2, 0.25) is 6.41 Å². The van der Waals surface area contributed by atoms with Crippen LogP contribution in [0.2, 0.25) is 0 Å². The third-order valence-corrected chi connectivity index (χ3v) is 2.40. The third kappa shape index (κ3) is 3.25. The van der Waals surface area contributed by atoms with Crippen molar-refractivity contribution >= 4 is 12.5 Å². The van der Waals surface area contributed by atoms with Gasteiger partial charge in [-0.3, -0.25) is 14.8 Å². The number of carbonyl (C=O) groups excluding carboxylic acids is 1. The highest BCUT2D eigenvalue weighted by molar-refractivity contribution is 5.61. The number of benzene rings is 1. The predicted molar refractivity (Wildman–Crippen MR) is 70.6 cm³/mol. The van der Waals surface area contributed by atoms with E-state index in [-0.39, 0.29) is 0 Å². The van der Waals surface area contributed by atoms with E-state index >= 15 is 0 Å². The molecule has 1 heterocycles. The molecule has 18 heavy (non-hydrogen) atoms. The Morgan fingerprint density at radius 2 is 2.00 bits per heavy atom. The van der Waals surface area contributed by atoms with E-state index in [4.69, 9.17) is 0 Å². The van der Waals surface area contributed by atoms with Crippen molar-refractivity contribution in [3.8, 4) is 11.3 Å².